The van der Waals surface area contributed by atoms with Gasteiger partial charge < -0.3 is 10.0 Å². The summed E-state index contributed by atoms with van der Waals surface area (Å²) in [5, 5.41) is 7.71. The lowest BCUT2D eigenvalue weighted by molar-refractivity contribution is -0.132. The highest BCUT2D eigenvalue weighted by Crippen LogP contribution is 2.22. The smallest absolute Gasteiger partial charge is 0.331 e. The molecule has 0 aromatic rings. The van der Waals surface area contributed by atoms with Gasteiger partial charge in [0.15, 0.2) is 0 Å². The maximum atomic E-state index is 11.1. The van der Waals surface area contributed by atoms with E-state index in [2.05, 4.69) is 0 Å². The van der Waals surface area contributed by atoms with Gasteiger partial charge in [0, 0.05) is 11.6 Å². The van der Waals surface area contributed by atoms with E-state index in [-0.39, 0.29) is 11.1 Å². The molecule has 0 radical (unpaired) electrons. The summed E-state index contributed by atoms with van der Waals surface area (Å²) in [6.07, 6.45) is 0. The van der Waals surface area contributed by atoms with Crippen molar-refractivity contribution in [2.75, 3.05) is 14.1 Å². The Morgan fingerprint density at radius 3 is 1.88 bits per heavy atom. The summed E-state index contributed by atoms with van der Waals surface area (Å²) in [7, 11) is -0.897. The SMILES string of the molecule is C/C(C(=O)O)=C(/C(C)N(C)C)C(C)S(=O)(=O)O. The molecule has 0 aliphatic heterocycles. The number of hydrogen-bond acceptors (Lipinski definition) is 4. The molecule has 0 bridgehead atoms. The van der Waals surface area contributed by atoms with Crippen LogP contribution in [0.5, 0.6) is 0 Å². The topological polar surface area (TPSA) is 94.9 Å². The first-order valence-corrected chi connectivity index (χ1v) is 6.57. The van der Waals surface area contributed by atoms with Crippen LogP contribution in [0.25, 0.3) is 0 Å². The van der Waals surface area contributed by atoms with Crippen molar-refractivity contribution in [2.24, 2.45) is 0 Å². The quantitative estimate of drug-likeness (QED) is 0.559. The molecule has 6 nitrogen and oxygen atoms in total. The van der Waals surface area contributed by atoms with Gasteiger partial charge in [0.25, 0.3) is 10.1 Å². The number of aliphatic carboxylic acids is 1. The van der Waals surface area contributed by atoms with Crippen molar-refractivity contribution in [3.05, 3.63) is 11.1 Å². The van der Waals surface area contributed by atoms with Crippen molar-refractivity contribution in [3.8, 4) is 0 Å². The number of hydrogen-bond donors (Lipinski definition) is 2. The van der Waals surface area contributed by atoms with Crippen LogP contribution in [-0.4, -0.2) is 54.3 Å². The Kier molecular flexibility index (Phi) is 5.31. The van der Waals surface area contributed by atoms with Crippen LogP contribution in [-0.2, 0) is 14.9 Å². The zero-order valence-electron chi connectivity index (χ0n) is 10.6. The van der Waals surface area contributed by atoms with E-state index in [9.17, 15) is 13.2 Å². The van der Waals surface area contributed by atoms with E-state index >= 15 is 0 Å². The fourth-order valence-corrected chi connectivity index (χ4v) is 2.21. The van der Waals surface area contributed by atoms with Crippen LogP contribution >= 0.6 is 0 Å². The van der Waals surface area contributed by atoms with E-state index in [0.717, 1.165) is 0 Å². The predicted molar refractivity (Wildman–Crippen MR) is 64.5 cm³/mol. The van der Waals surface area contributed by atoms with Crippen molar-refractivity contribution < 1.29 is 22.9 Å². The first kappa shape index (κ1) is 16.1. The van der Waals surface area contributed by atoms with E-state index in [0.29, 0.717) is 0 Å². The van der Waals surface area contributed by atoms with E-state index in [1.54, 1.807) is 25.9 Å². The molecule has 17 heavy (non-hydrogen) atoms. The maximum absolute atomic E-state index is 11.1. The highest BCUT2D eigenvalue weighted by atomic mass is 32.2. The normalized spacial score (nSPS) is 17.6. The number of carboxylic acid groups (broad SMARTS) is 1. The van der Waals surface area contributed by atoms with E-state index in [4.69, 9.17) is 9.66 Å². The molecule has 2 N–H and O–H groups in total. The highest BCUT2D eigenvalue weighted by molar-refractivity contribution is 7.86. The highest BCUT2D eigenvalue weighted by Gasteiger charge is 2.30. The third-order valence-electron chi connectivity index (χ3n) is 2.86. The molecule has 2 unspecified atom stereocenters. The zero-order valence-corrected chi connectivity index (χ0v) is 11.4. The van der Waals surface area contributed by atoms with Gasteiger partial charge in [0.05, 0.1) is 0 Å². The third kappa shape index (κ3) is 4.10. The van der Waals surface area contributed by atoms with Gasteiger partial charge >= 0.3 is 5.97 Å². The van der Waals surface area contributed by atoms with Crippen molar-refractivity contribution in [3.63, 3.8) is 0 Å². The summed E-state index contributed by atoms with van der Waals surface area (Å²) in [5.74, 6) is -1.19. The monoisotopic (exact) mass is 265 g/mol. The van der Waals surface area contributed by atoms with Gasteiger partial charge in [-0.05, 0) is 40.4 Å². The average Bonchev–Trinajstić information content (AvgIpc) is 2.15. The summed E-state index contributed by atoms with van der Waals surface area (Å²) in [5.41, 5.74) is 0.126. The maximum Gasteiger partial charge on any atom is 0.331 e. The van der Waals surface area contributed by atoms with Gasteiger partial charge in [0.1, 0.15) is 5.25 Å². The van der Waals surface area contributed by atoms with Crippen molar-refractivity contribution in [1.29, 1.82) is 0 Å². The summed E-state index contributed by atoms with van der Waals surface area (Å²) >= 11 is 0. The minimum Gasteiger partial charge on any atom is -0.478 e. The van der Waals surface area contributed by atoms with Gasteiger partial charge in [-0.25, -0.2) is 4.79 Å². The number of carbonyl (C=O) groups is 1. The summed E-state index contributed by atoms with van der Waals surface area (Å²) < 4.78 is 31.3. The Morgan fingerprint density at radius 1 is 1.24 bits per heavy atom. The molecule has 0 heterocycles. The Balaban J connectivity index is 5.75. The standard InChI is InChI=1S/C10H19NO5S/c1-6(10(12)13)9(7(2)11(4)5)8(3)17(14,15)16/h7-8H,1-5H3,(H,12,13)(H,14,15,16)/b9-6+. The minimum absolute atomic E-state index is 0.0590. The zero-order chi connectivity index (χ0) is 14.0. The second-order valence-electron chi connectivity index (χ2n) is 4.18. The van der Waals surface area contributed by atoms with Crippen LogP contribution in [0.1, 0.15) is 20.8 Å². The third-order valence-corrected chi connectivity index (χ3v) is 4.01. The molecule has 2 atom stereocenters. The molecule has 0 amide bonds. The van der Waals surface area contributed by atoms with E-state index in [1.807, 2.05) is 0 Å². The second-order valence-corrected chi connectivity index (χ2v) is 5.92. The molecule has 0 aliphatic rings. The van der Waals surface area contributed by atoms with Gasteiger partial charge in [0.2, 0.25) is 0 Å². The molecular weight excluding hydrogens is 246 g/mol. The van der Waals surface area contributed by atoms with Gasteiger partial charge in [-0.3, -0.25) is 4.55 Å². The lowest BCUT2D eigenvalue weighted by Crippen LogP contribution is -2.36. The summed E-state index contributed by atoms with van der Waals surface area (Å²) in [6, 6.07) is -0.400. The number of carboxylic acids is 1. The van der Waals surface area contributed by atoms with Crippen LogP contribution < -0.4 is 0 Å². The minimum atomic E-state index is -4.31. The van der Waals surface area contributed by atoms with Crippen molar-refractivity contribution >= 4 is 16.1 Å². The van der Waals surface area contributed by atoms with E-state index in [1.165, 1.54) is 13.8 Å². The Hall–Kier alpha value is -0.920. The average molecular weight is 265 g/mol. The van der Waals surface area contributed by atoms with Crippen LogP contribution in [0.2, 0.25) is 0 Å². The van der Waals surface area contributed by atoms with Gasteiger partial charge in [-0.15, -0.1) is 0 Å². The predicted octanol–water partition coefficient (Wildman–Crippen LogP) is 0.614. The molecule has 0 spiro atoms. The Bertz CT molecular complexity index is 424. The number of likely N-dealkylation sites (N-methyl/N-ethyl adjacent to an activating group) is 1. The van der Waals surface area contributed by atoms with Crippen LogP contribution in [0, 0.1) is 0 Å². The van der Waals surface area contributed by atoms with Crippen LogP contribution in [0.15, 0.2) is 11.1 Å². The lowest BCUT2D eigenvalue weighted by Gasteiger charge is -2.27. The molecule has 7 heteroatoms. The fraction of sp³-hybridized carbons (Fsp3) is 0.700. The molecule has 0 aromatic heterocycles. The summed E-state index contributed by atoms with van der Waals surface area (Å²) in [6.45, 7) is 4.29. The van der Waals surface area contributed by atoms with Crippen molar-refractivity contribution in [1.82, 2.24) is 4.90 Å². The molecule has 0 saturated carbocycles. The van der Waals surface area contributed by atoms with Crippen LogP contribution in [0.3, 0.4) is 0 Å². The Morgan fingerprint density at radius 2 is 1.65 bits per heavy atom. The second kappa shape index (κ2) is 5.61. The summed E-state index contributed by atoms with van der Waals surface area (Å²) in [4.78, 5) is 12.6. The van der Waals surface area contributed by atoms with Crippen molar-refractivity contribution in [2.45, 2.75) is 32.1 Å². The van der Waals surface area contributed by atoms with E-state index < -0.39 is 27.4 Å². The lowest BCUT2D eigenvalue weighted by atomic mass is 9.99. The van der Waals surface area contributed by atoms with Gasteiger partial charge in [-0.2, -0.15) is 8.42 Å². The molecular formula is C10H19NO5S. The number of rotatable bonds is 5. The first-order chi connectivity index (χ1) is 7.50. The largest absolute Gasteiger partial charge is 0.478 e. The van der Waals surface area contributed by atoms with Crippen LogP contribution in [0.4, 0.5) is 0 Å². The molecule has 0 saturated heterocycles. The Labute approximate surface area is 102 Å². The number of nitrogens with zero attached hydrogens (tertiary/aromatic N) is 1. The molecule has 100 valence electrons. The molecule has 0 fully saturated rings. The molecule has 0 aromatic carbocycles. The van der Waals surface area contributed by atoms with Gasteiger partial charge in [-0.1, -0.05) is 0 Å². The molecule has 0 aliphatic carbocycles. The first-order valence-electron chi connectivity index (χ1n) is 5.06. The molecule has 0 rings (SSSR count). The fourth-order valence-electron chi connectivity index (χ4n) is 1.52.